The molecule has 2 N–H and O–H groups in total. The summed E-state index contributed by atoms with van der Waals surface area (Å²) in [5, 5.41) is 0. The molecule has 7 heteroatoms. The van der Waals surface area contributed by atoms with E-state index in [0.29, 0.717) is 0 Å². The second-order valence-electron chi connectivity index (χ2n) is 6.79. The smallest absolute Gasteiger partial charge is 0.410 e. The predicted molar refractivity (Wildman–Crippen MR) is 80.9 cm³/mol. The van der Waals surface area contributed by atoms with Crippen molar-refractivity contribution in [1.82, 2.24) is 4.90 Å². The maximum Gasteiger partial charge on any atom is 0.410 e. The van der Waals surface area contributed by atoms with Crippen LogP contribution < -0.4 is 5.73 Å². The van der Waals surface area contributed by atoms with Crippen LogP contribution in [0.4, 0.5) is 23.7 Å². The van der Waals surface area contributed by atoms with Crippen molar-refractivity contribution in [2.24, 2.45) is 0 Å². The molecule has 0 spiro atoms. The molecular formula is C16H21F3N2O2. The number of ether oxygens (including phenoxy) is 1. The summed E-state index contributed by atoms with van der Waals surface area (Å²) >= 11 is 0. The average molecular weight is 330 g/mol. The van der Waals surface area contributed by atoms with Crippen LogP contribution in [0.3, 0.4) is 0 Å². The van der Waals surface area contributed by atoms with E-state index in [1.807, 2.05) is 0 Å². The van der Waals surface area contributed by atoms with Crippen molar-refractivity contribution in [1.29, 1.82) is 0 Å². The molecule has 0 radical (unpaired) electrons. The van der Waals surface area contributed by atoms with Crippen LogP contribution in [0.1, 0.15) is 38.7 Å². The number of halogens is 3. The van der Waals surface area contributed by atoms with Gasteiger partial charge in [0.1, 0.15) is 11.4 Å². The van der Waals surface area contributed by atoms with Crippen LogP contribution in [0.5, 0.6) is 0 Å². The monoisotopic (exact) mass is 330 g/mol. The minimum atomic E-state index is -3.24. The Morgan fingerprint density at radius 2 is 2.04 bits per heavy atom. The van der Waals surface area contributed by atoms with Gasteiger partial charge in [0.05, 0.1) is 12.5 Å². The van der Waals surface area contributed by atoms with E-state index in [0.717, 1.165) is 11.0 Å². The molecule has 4 nitrogen and oxygen atoms in total. The Kier molecular flexibility index (Phi) is 4.50. The van der Waals surface area contributed by atoms with Crippen LogP contribution in [0.15, 0.2) is 18.2 Å². The van der Waals surface area contributed by atoms with E-state index in [1.54, 1.807) is 20.8 Å². The Morgan fingerprint density at radius 1 is 1.39 bits per heavy atom. The van der Waals surface area contributed by atoms with Gasteiger partial charge >= 0.3 is 6.09 Å². The highest BCUT2D eigenvalue weighted by atomic mass is 19.3. The van der Waals surface area contributed by atoms with Crippen molar-refractivity contribution < 1.29 is 22.7 Å². The molecule has 0 saturated carbocycles. The molecule has 1 saturated heterocycles. The Balaban J connectivity index is 2.16. The summed E-state index contributed by atoms with van der Waals surface area (Å²) in [6, 6.07) is 3.72. The lowest BCUT2D eigenvalue weighted by atomic mass is 9.86. The Hall–Kier alpha value is -1.92. The summed E-state index contributed by atoms with van der Waals surface area (Å²) in [6.07, 6.45) is -0.832. The Morgan fingerprint density at radius 3 is 2.57 bits per heavy atom. The van der Waals surface area contributed by atoms with Gasteiger partial charge in [-0.1, -0.05) is 6.07 Å². The first-order valence-corrected chi connectivity index (χ1v) is 7.40. The van der Waals surface area contributed by atoms with E-state index in [2.05, 4.69) is 0 Å². The fourth-order valence-electron chi connectivity index (χ4n) is 2.63. The van der Waals surface area contributed by atoms with E-state index in [4.69, 9.17) is 10.5 Å². The van der Waals surface area contributed by atoms with Crippen LogP contribution in [0, 0.1) is 5.82 Å². The summed E-state index contributed by atoms with van der Waals surface area (Å²) in [6.45, 7) is 4.29. The number of anilines is 1. The SMILES string of the molecule is CC(C)(C)OC(=O)N1CC[C@@H](c2ccc(N)cc2F)C(F)(F)C1. The quantitative estimate of drug-likeness (QED) is 0.798. The second kappa shape index (κ2) is 5.94. The van der Waals surface area contributed by atoms with Gasteiger partial charge in [-0.2, -0.15) is 0 Å². The van der Waals surface area contributed by atoms with Gasteiger partial charge in [-0.3, -0.25) is 0 Å². The Bertz CT molecular complexity index is 599. The fraction of sp³-hybridized carbons (Fsp3) is 0.562. The highest BCUT2D eigenvalue weighted by molar-refractivity contribution is 5.68. The number of amides is 1. The third kappa shape index (κ3) is 4.09. The molecule has 0 aliphatic carbocycles. The van der Waals surface area contributed by atoms with E-state index < -0.39 is 35.9 Å². The molecule has 1 aliphatic rings. The summed E-state index contributed by atoms with van der Waals surface area (Å²) in [5.41, 5.74) is 4.80. The average Bonchev–Trinajstić information content (AvgIpc) is 2.36. The molecule has 2 rings (SSSR count). The molecule has 1 atom stereocenters. The van der Waals surface area contributed by atoms with Gasteiger partial charge in [0.2, 0.25) is 0 Å². The van der Waals surface area contributed by atoms with Gasteiger partial charge in [-0.25, -0.2) is 18.0 Å². The summed E-state index contributed by atoms with van der Waals surface area (Å²) in [4.78, 5) is 12.9. The number of nitrogens with zero attached hydrogens (tertiary/aromatic N) is 1. The lowest BCUT2D eigenvalue weighted by molar-refractivity contribution is -0.0855. The van der Waals surface area contributed by atoms with Crippen molar-refractivity contribution in [2.45, 2.75) is 44.6 Å². The lowest BCUT2D eigenvalue weighted by Gasteiger charge is -2.39. The highest BCUT2D eigenvalue weighted by Gasteiger charge is 2.48. The van der Waals surface area contributed by atoms with Crippen LogP contribution in [0.2, 0.25) is 0 Å². The van der Waals surface area contributed by atoms with Crippen molar-refractivity contribution in [3.63, 3.8) is 0 Å². The highest BCUT2D eigenvalue weighted by Crippen LogP contribution is 2.41. The van der Waals surface area contributed by atoms with Gasteiger partial charge in [0.15, 0.2) is 0 Å². The lowest BCUT2D eigenvalue weighted by Crippen LogP contribution is -2.51. The van der Waals surface area contributed by atoms with Crippen LogP contribution >= 0.6 is 0 Å². The maximum atomic E-state index is 14.4. The van der Waals surface area contributed by atoms with Crippen LogP contribution in [0.25, 0.3) is 0 Å². The normalized spacial score (nSPS) is 21.1. The van der Waals surface area contributed by atoms with Gasteiger partial charge in [-0.15, -0.1) is 0 Å². The number of carbonyl (C=O) groups is 1. The summed E-state index contributed by atoms with van der Waals surface area (Å²) in [7, 11) is 0. The number of alkyl halides is 2. The van der Waals surface area contributed by atoms with Crippen LogP contribution in [-0.2, 0) is 4.74 Å². The fourth-order valence-corrected chi connectivity index (χ4v) is 2.63. The molecule has 128 valence electrons. The van der Waals surface area contributed by atoms with Crippen LogP contribution in [-0.4, -0.2) is 35.6 Å². The van der Waals surface area contributed by atoms with Crippen molar-refractivity contribution in [3.05, 3.63) is 29.6 Å². The molecule has 1 amide bonds. The Labute approximate surface area is 133 Å². The van der Waals surface area contributed by atoms with Crippen molar-refractivity contribution >= 4 is 11.8 Å². The van der Waals surface area contributed by atoms with Gasteiger partial charge in [0, 0.05) is 12.2 Å². The first-order valence-electron chi connectivity index (χ1n) is 7.40. The minimum absolute atomic E-state index is 0.0485. The minimum Gasteiger partial charge on any atom is -0.444 e. The number of carbonyl (C=O) groups excluding carboxylic acids is 1. The molecule has 1 fully saturated rings. The van der Waals surface area contributed by atoms with E-state index >= 15 is 0 Å². The molecule has 0 bridgehead atoms. The van der Waals surface area contributed by atoms with Gasteiger partial charge < -0.3 is 15.4 Å². The maximum absolute atomic E-state index is 14.4. The number of hydrogen-bond acceptors (Lipinski definition) is 3. The number of likely N-dealkylation sites (tertiary alicyclic amines) is 1. The third-order valence-electron chi connectivity index (χ3n) is 3.65. The van der Waals surface area contributed by atoms with Crippen molar-refractivity contribution in [3.8, 4) is 0 Å². The zero-order valence-corrected chi connectivity index (χ0v) is 13.4. The van der Waals surface area contributed by atoms with E-state index in [9.17, 15) is 18.0 Å². The molecule has 1 aromatic rings. The summed E-state index contributed by atoms with van der Waals surface area (Å²) in [5.74, 6) is -5.28. The molecular weight excluding hydrogens is 309 g/mol. The molecule has 0 unspecified atom stereocenters. The largest absolute Gasteiger partial charge is 0.444 e. The van der Waals surface area contributed by atoms with E-state index in [-0.39, 0.29) is 24.2 Å². The standard InChI is InChI=1S/C16H21F3N2O2/c1-15(2,3)23-14(22)21-7-6-12(16(18,19)9-21)11-5-4-10(20)8-13(11)17/h4-5,8,12H,6-7,9,20H2,1-3H3/t12-/m0/s1. The molecule has 1 aromatic carbocycles. The van der Waals surface area contributed by atoms with E-state index in [1.165, 1.54) is 12.1 Å². The topological polar surface area (TPSA) is 55.6 Å². The van der Waals surface area contributed by atoms with Gasteiger partial charge in [0.25, 0.3) is 5.92 Å². The zero-order chi connectivity index (χ0) is 17.4. The van der Waals surface area contributed by atoms with Crippen molar-refractivity contribution in [2.75, 3.05) is 18.8 Å². The first-order chi connectivity index (χ1) is 10.5. The number of piperidine rings is 1. The number of nitrogens with two attached hydrogens (primary N) is 1. The molecule has 1 heterocycles. The number of hydrogen-bond donors (Lipinski definition) is 1. The number of benzene rings is 1. The summed E-state index contributed by atoms with van der Waals surface area (Å²) < 4.78 is 47.9. The van der Waals surface area contributed by atoms with Gasteiger partial charge in [-0.05, 0) is 44.9 Å². The third-order valence-corrected chi connectivity index (χ3v) is 3.65. The zero-order valence-electron chi connectivity index (χ0n) is 13.4. The first kappa shape index (κ1) is 17.4. The number of nitrogen functional groups attached to an aromatic ring is 1. The predicted octanol–water partition coefficient (Wildman–Crippen LogP) is 3.77. The number of rotatable bonds is 1. The second-order valence-corrected chi connectivity index (χ2v) is 6.79. The molecule has 23 heavy (non-hydrogen) atoms. The molecule has 1 aliphatic heterocycles. The molecule has 0 aromatic heterocycles.